The molecule has 72 valence electrons. The second kappa shape index (κ2) is 5.22. The molecule has 0 spiro atoms. The smallest absolute Gasteiger partial charge is 0.0614 e. The van der Waals surface area contributed by atoms with E-state index in [1.54, 1.807) is 0 Å². The van der Waals surface area contributed by atoms with Gasteiger partial charge in [-0.2, -0.15) is 0 Å². The second-order valence-electron chi connectivity index (χ2n) is 3.15. The van der Waals surface area contributed by atoms with Crippen LogP contribution in [0.4, 0.5) is 0 Å². The van der Waals surface area contributed by atoms with E-state index in [0.29, 0.717) is 6.17 Å². The number of rotatable bonds is 2. The van der Waals surface area contributed by atoms with Crippen molar-refractivity contribution in [3.63, 3.8) is 0 Å². The molecule has 13 heavy (non-hydrogen) atoms. The summed E-state index contributed by atoms with van der Waals surface area (Å²) in [6.07, 6.45) is 1.56. The first-order chi connectivity index (χ1) is 5.95. The predicted molar refractivity (Wildman–Crippen MR) is 57.2 cm³/mol. The van der Waals surface area contributed by atoms with Crippen molar-refractivity contribution in [2.45, 2.75) is 12.6 Å². The van der Waals surface area contributed by atoms with Gasteiger partial charge in [-0.1, -0.05) is 30.3 Å². The Balaban J connectivity index is 0.000000845. The lowest BCUT2D eigenvalue weighted by Crippen LogP contribution is -2.32. The van der Waals surface area contributed by atoms with Crippen molar-refractivity contribution in [1.82, 2.24) is 10.6 Å². The third kappa shape index (κ3) is 2.99. The first-order valence-corrected chi connectivity index (χ1v) is 4.46. The lowest BCUT2D eigenvalue weighted by molar-refractivity contribution is 0.551. The Morgan fingerprint density at radius 2 is 1.69 bits per heavy atom. The van der Waals surface area contributed by atoms with Gasteiger partial charge in [0, 0.05) is 19.5 Å². The van der Waals surface area contributed by atoms with Gasteiger partial charge in [0.25, 0.3) is 0 Å². The number of hydrogen-bond donors (Lipinski definition) is 2. The molecular weight excluding hydrogens is 184 g/mol. The molecule has 0 bridgehead atoms. The van der Waals surface area contributed by atoms with Gasteiger partial charge < -0.3 is 10.6 Å². The average Bonchev–Trinajstić information content (AvgIpc) is 2.59. The summed E-state index contributed by atoms with van der Waals surface area (Å²) in [6, 6.07) is 10.6. The first-order valence-electron chi connectivity index (χ1n) is 4.46. The Kier molecular flexibility index (Phi) is 4.22. The summed E-state index contributed by atoms with van der Waals surface area (Å²) in [4.78, 5) is 0. The molecule has 1 saturated heterocycles. The molecule has 0 amide bonds. The lowest BCUT2D eigenvalue weighted by Gasteiger charge is -2.09. The van der Waals surface area contributed by atoms with Crippen LogP contribution in [-0.4, -0.2) is 19.3 Å². The molecule has 1 aromatic carbocycles. The van der Waals surface area contributed by atoms with Gasteiger partial charge in [-0.3, -0.25) is 0 Å². The van der Waals surface area contributed by atoms with E-state index in [1.807, 2.05) is 0 Å². The van der Waals surface area contributed by atoms with Crippen molar-refractivity contribution >= 4 is 12.4 Å². The van der Waals surface area contributed by atoms with Crippen LogP contribution in [0.15, 0.2) is 30.3 Å². The number of hydrogen-bond acceptors (Lipinski definition) is 2. The monoisotopic (exact) mass is 198 g/mol. The molecule has 0 saturated carbocycles. The van der Waals surface area contributed by atoms with Crippen molar-refractivity contribution in [1.29, 1.82) is 0 Å². The summed E-state index contributed by atoms with van der Waals surface area (Å²) < 4.78 is 0. The molecule has 2 nitrogen and oxygen atoms in total. The van der Waals surface area contributed by atoms with E-state index in [2.05, 4.69) is 41.0 Å². The highest BCUT2D eigenvalue weighted by atomic mass is 35.5. The molecule has 0 atom stereocenters. The fourth-order valence-corrected chi connectivity index (χ4v) is 1.56. The van der Waals surface area contributed by atoms with Gasteiger partial charge in [0.05, 0.1) is 6.17 Å². The van der Waals surface area contributed by atoms with Crippen LogP contribution in [0.3, 0.4) is 0 Å². The van der Waals surface area contributed by atoms with Crippen LogP contribution in [0.1, 0.15) is 5.56 Å². The fourth-order valence-electron chi connectivity index (χ4n) is 1.56. The van der Waals surface area contributed by atoms with Crippen molar-refractivity contribution in [3.05, 3.63) is 35.9 Å². The van der Waals surface area contributed by atoms with E-state index >= 15 is 0 Å². The third-order valence-corrected chi connectivity index (χ3v) is 2.19. The minimum absolute atomic E-state index is 0. The van der Waals surface area contributed by atoms with Crippen LogP contribution in [0.2, 0.25) is 0 Å². The minimum Gasteiger partial charge on any atom is -0.300 e. The Hall–Kier alpha value is -0.570. The Morgan fingerprint density at radius 1 is 1.08 bits per heavy atom. The van der Waals surface area contributed by atoms with Gasteiger partial charge in [0.15, 0.2) is 0 Å². The predicted octanol–water partition coefficient (Wildman–Crippen LogP) is 1.17. The summed E-state index contributed by atoms with van der Waals surface area (Å²) >= 11 is 0. The lowest BCUT2D eigenvalue weighted by atomic mass is 10.1. The maximum absolute atomic E-state index is 3.39. The maximum Gasteiger partial charge on any atom is 0.0614 e. The number of halogens is 1. The van der Waals surface area contributed by atoms with E-state index in [4.69, 9.17) is 0 Å². The zero-order chi connectivity index (χ0) is 8.23. The van der Waals surface area contributed by atoms with Crippen LogP contribution in [-0.2, 0) is 6.42 Å². The van der Waals surface area contributed by atoms with Crippen LogP contribution < -0.4 is 10.6 Å². The molecule has 3 heteroatoms. The molecule has 0 aliphatic carbocycles. The molecule has 0 aromatic heterocycles. The Labute approximate surface area is 85.1 Å². The molecular formula is C10H15ClN2. The highest BCUT2D eigenvalue weighted by Gasteiger charge is 2.12. The number of benzene rings is 1. The molecule has 1 fully saturated rings. The standard InChI is InChI=1S/C10H14N2.ClH/c1-2-4-9(5-3-1)8-10-11-6-7-12-10;/h1-5,10-12H,6-8H2;1H. The van der Waals surface area contributed by atoms with Crippen molar-refractivity contribution < 1.29 is 0 Å². The van der Waals surface area contributed by atoms with Crippen molar-refractivity contribution in [3.8, 4) is 0 Å². The quantitative estimate of drug-likeness (QED) is 0.746. The van der Waals surface area contributed by atoms with Crippen molar-refractivity contribution in [2.75, 3.05) is 13.1 Å². The first kappa shape index (κ1) is 10.5. The molecule has 2 rings (SSSR count). The molecule has 1 aliphatic heterocycles. The Morgan fingerprint density at radius 3 is 2.31 bits per heavy atom. The van der Waals surface area contributed by atoms with E-state index in [-0.39, 0.29) is 12.4 Å². The highest BCUT2D eigenvalue weighted by molar-refractivity contribution is 5.85. The van der Waals surface area contributed by atoms with Gasteiger partial charge in [-0.25, -0.2) is 0 Å². The largest absolute Gasteiger partial charge is 0.300 e. The summed E-state index contributed by atoms with van der Waals surface area (Å²) in [6.45, 7) is 2.19. The van der Waals surface area contributed by atoms with E-state index < -0.39 is 0 Å². The molecule has 1 aliphatic rings. The van der Waals surface area contributed by atoms with Crippen molar-refractivity contribution in [2.24, 2.45) is 0 Å². The maximum atomic E-state index is 3.39. The highest BCUT2D eigenvalue weighted by Crippen LogP contribution is 2.02. The zero-order valence-corrected chi connectivity index (χ0v) is 8.31. The SMILES string of the molecule is Cl.c1ccc(CC2NCCN2)cc1. The molecule has 1 heterocycles. The average molecular weight is 199 g/mol. The minimum atomic E-state index is 0. The van der Waals surface area contributed by atoms with Gasteiger partial charge >= 0.3 is 0 Å². The molecule has 2 N–H and O–H groups in total. The molecule has 1 aromatic rings. The van der Waals surface area contributed by atoms with Gasteiger partial charge in [0.2, 0.25) is 0 Å². The van der Waals surface area contributed by atoms with E-state index in [9.17, 15) is 0 Å². The second-order valence-corrected chi connectivity index (χ2v) is 3.15. The zero-order valence-electron chi connectivity index (χ0n) is 7.49. The van der Waals surface area contributed by atoms with E-state index in [0.717, 1.165) is 19.5 Å². The van der Waals surface area contributed by atoms with Gasteiger partial charge in [-0.15, -0.1) is 12.4 Å². The summed E-state index contributed by atoms with van der Waals surface area (Å²) in [7, 11) is 0. The van der Waals surface area contributed by atoms with Crippen LogP contribution in [0.25, 0.3) is 0 Å². The van der Waals surface area contributed by atoms with Crippen LogP contribution in [0.5, 0.6) is 0 Å². The number of nitrogens with one attached hydrogen (secondary N) is 2. The van der Waals surface area contributed by atoms with Gasteiger partial charge in [-0.05, 0) is 5.56 Å². The summed E-state index contributed by atoms with van der Waals surface area (Å²) in [5.41, 5.74) is 1.39. The van der Waals surface area contributed by atoms with Crippen LogP contribution in [0, 0.1) is 0 Å². The topological polar surface area (TPSA) is 24.1 Å². The third-order valence-electron chi connectivity index (χ3n) is 2.19. The molecule has 0 radical (unpaired) electrons. The fraction of sp³-hybridized carbons (Fsp3) is 0.400. The summed E-state index contributed by atoms with van der Waals surface area (Å²) in [5.74, 6) is 0. The summed E-state index contributed by atoms with van der Waals surface area (Å²) in [5, 5.41) is 6.79. The van der Waals surface area contributed by atoms with E-state index in [1.165, 1.54) is 5.56 Å². The Bertz CT molecular complexity index is 232. The molecule has 0 unspecified atom stereocenters. The van der Waals surface area contributed by atoms with Crippen LogP contribution >= 0.6 is 12.4 Å². The normalized spacial score (nSPS) is 16.9. The van der Waals surface area contributed by atoms with Gasteiger partial charge in [0.1, 0.15) is 0 Å².